The largest absolute Gasteiger partial charge is 0.454 e. The first-order valence-electron chi connectivity index (χ1n) is 28.4. The Kier molecular flexibility index (Phi) is 12.6. The Morgan fingerprint density at radius 2 is 0.807 bits per heavy atom. The van der Waals surface area contributed by atoms with Gasteiger partial charge in [0, 0.05) is 56.1 Å². The van der Waals surface area contributed by atoms with Crippen LogP contribution in [0.5, 0.6) is 0 Å². The van der Waals surface area contributed by atoms with Gasteiger partial charge in [-0.05, 0) is 152 Å². The first kappa shape index (κ1) is 49.2. The van der Waals surface area contributed by atoms with E-state index >= 15 is 0 Å². The molecule has 1 aromatic heterocycles. The summed E-state index contributed by atoms with van der Waals surface area (Å²) in [5, 5.41) is 6.09. The highest BCUT2D eigenvalue weighted by atomic mass is 16.3. The lowest BCUT2D eigenvalue weighted by atomic mass is 9.58. The zero-order valence-electron chi connectivity index (χ0n) is 45.5. The third kappa shape index (κ3) is 9.40. The maximum absolute atomic E-state index is 7.24. The van der Waals surface area contributed by atoms with Gasteiger partial charge in [0.2, 0.25) is 0 Å². The van der Waals surface area contributed by atoms with Crippen LogP contribution in [-0.2, 0) is 0 Å². The molecule has 0 saturated carbocycles. The van der Waals surface area contributed by atoms with Crippen LogP contribution < -0.4 is 26.0 Å². The number of nitrogens with zero attached hydrogens (tertiary/aromatic N) is 2. The molecular formula is C78H54BN3O. The number of anilines is 8. The molecule has 0 radical (unpaired) electrons. The van der Waals surface area contributed by atoms with Gasteiger partial charge >= 0.3 is 0 Å². The van der Waals surface area contributed by atoms with Gasteiger partial charge in [0.15, 0.2) is 12.9 Å². The number of hydrogen-bond donors (Lipinski definition) is 1. The van der Waals surface area contributed by atoms with Crippen molar-refractivity contribution < 1.29 is 4.42 Å². The van der Waals surface area contributed by atoms with Crippen molar-refractivity contribution in [2.24, 2.45) is 0 Å². The van der Waals surface area contributed by atoms with Crippen LogP contribution in [0.2, 0.25) is 0 Å². The molecule has 0 atom stereocenters. The average molecular weight is 1060 g/mol. The topological polar surface area (TPSA) is 31.6 Å². The van der Waals surface area contributed by atoms with Crippen molar-refractivity contribution in [1.29, 1.82) is 0 Å². The molecule has 390 valence electrons. The van der Waals surface area contributed by atoms with E-state index in [-0.39, 0.29) is 0 Å². The lowest BCUT2D eigenvalue weighted by molar-refractivity contribution is 0.669. The fraction of sp³-hybridized carbons (Fsp3) is 0. The van der Waals surface area contributed by atoms with Crippen LogP contribution in [0.3, 0.4) is 0 Å². The molecule has 0 saturated heterocycles. The first-order valence-corrected chi connectivity index (χ1v) is 28.4. The van der Waals surface area contributed by atoms with Crippen molar-refractivity contribution in [3.05, 3.63) is 315 Å². The number of rotatable bonds is 12. The van der Waals surface area contributed by atoms with E-state index in [0.29, 0.717) is 7.28 Å². The molecular weight excluding hydrogens is 1010 g/mol. The maximum Gasteiger partial charge on any atom is 0.198 e. The second kappa shape index (κ2) is 21.3. The summed E-state index contributed by atoms with van der Waals surface area (Å²) in [6.45, 7) is 0. The smallest absolute Gasteiger partial charge is 0.198 e. The molecule has 2 heterocycles. The van der Waals surface area contributed by atoms with Crippen molar-refractivity contribution in [2.45, 2.75) is 0 Å². The van der Waals surface area contributed by atoms with Crippen molar-refractivity contribution >= 4 is 85.6 Å². The summed E-state index contributed by atoms with van der Waals surface area (Å²) in [7, 11) is 0.651. The third-order valence-corrected chi connectivity index (χ3v) is 16.2. The molecule has 0 fully saturated rings. The molecule has 5 heteroatoms. The molecule has 1 aliphatic rings. The molecule has 83 heavy (non-hydrogen) atoms. The molecule has 4 nitrogen and oxygen atoms in total. The minimum atomic E-state index is 0.651. The molecule has 14 aromatic rings. The van der Waals surface area contributed by atoms with Crippen molar-refractivity contribution in [3.8, 4) is 66.8 Å². The number of hydrogen-bond acceptors (Lipinski definition) is 4. The minimum absolute atomic E-state index is 0.651. The average Bonchev–Trinajstić information content (AvgIpc) is 2.90. The van der Waals surface area contributed by atoms with Crippen LogP contribution in [0.1, 0.15) is 0 Å². The summed E-state index contributed by atoms with van der Waals surface area (Å²) in [6, 6.07) is 114. The van der Waals surface area contributed by atoms with Gasteiger partial charge in [-0.15, -0.1) is 0 Å². The number of nitrogens with one attached hydrogen (secondary N) is 1. The maximum atomic E-state index is 7.24. The zero-order valence-corrected chi connectivity index (χ0v) is 45.5. The number of benzene rings is 13. The molecule has 0 amide bonds. The Labute approximate surface area is 484 Å². The van der Waals surface area contributed by atoms with E-state index in [1.807, 2.05) is 0 Å². The molecule has 0 unspecified atom stereocenters. The Hall–Kier alpha value is -10.9. The van der Waals surface area contributed by atoms with Gasteiger partial charge in [0.1, 0.15) is 5.58 Å². The van der Waals surface area contributed by atoms with Gasteiger partial charge in [0.05, 0.1) is 5.69 Å². The number of para-hydroxylation sites is 1. The lowest BCUT2D eigenvalue weighted by Crippen LogP contribution is -2.41. The third-order valence-electron chi connectivity index (χ3n) is 16.2. The van der Waals surface area contributed by atoms with E-state index in [4.69, 9.17) is 4.42 Å². The highest BCUT2D eigenvalue weighted by Gasteiger charge is 2.34. The van der Waals surface area contributed by atoms with Crippen LogP contribution in [0.4, 0.5) is 45.5 Å². The Morgan fingerprint density at radius 3 is 1.40 bits per heavy atom. The second-order valence-corrected chi connectivity index (χ2v) is 21.3. The lowest BCUT2D eigenvalue weighted by Gasteiger charge is -2.36. The van der Waals surface area contributed by atoms with Crippen LogP contribution in [0.25, 0.3) is 88.7 Å². The fourth-order valence-electron chi connectivity index (χ4n) is 12.2. The molecule has 0 aliphatic carbocycles. The van der Waals surface area contributed by atoms with Gasteiger partial charge in [-0.2, -0.15) is 0 Å². The Bertz CT molecular complexity index is 4560. The van der Waals surface area contributed by atoms with Gasteiger partial charge < -0.3 is 19.5 Å². The SMILES string of the molecule is B1c2ccc(N(c3ccc(-c4ccccc4)cc3)c3ccc(-c4ccccc4)cc3)cc2N(c2cccc(-c3ccccc3)c2)c2c1c(-c1cc(-c3ccccc3)ccc1Nc1cccc(-c3ccccc3)c1)cc1c2oc2ccccc21. The summed E-state index contributed by atoms with van der Waals surface area (Å²) in [4.78, 5) is 4.88. The standard InChI is InChI=1S/C78H54BN3O/c1-6-20-53(21-7-1)58-36-41-64(42-37-58)81(65-43-38-59(39-44-65)54-22-8-2-9-23-54)67-45-46-72-74(51-67)82(66-33-19-31-61(49-66)56-26-12-4-13-27-56)77-76(79-72)70(52-71-68-34-16-17-35-75(68)83-78(71)77)69-50-62(57-28-14-5-15-29-57)40-47-73(69)80-63-32-18-30-60(48-63)55-24-10-3-11-25-55/h1-52,79-80H. The van der Waals surface area contributed by atoms with E-state index in [1.165, 1.54) is 38.7 Å². The van der Waals surface area contributed by atoms with Crippen molar-refractivity contribution in [1.82, 2.24) is 0 Å². The normalized spacial score (nSPS) is 11.7. The molecule has 0 bridgehead atoms. The van der Waals surface area contributed by atoms with Crippen LogP contribution in [-0.4, -0.2) is 7.28 Å². The van der Waals surface area contributed by atoms with Crippen LogP contribution >= 0.6 is 0 Å². The quantitative estimate of drug-likeness (QED) is 0.124. The molecule has 1 aliphatic heterocycles. The van der Waals surface area contributed by atoms with E-state index in [9.17, 15) is 0 Å². The molecule has 13 aromatic carbocycles. The summed E-state index contributed by atoms with van der Waals surface area (Å²) in [6.07, 6.45) is 0. The van der Waals surface area contributed by atoms with E-state index in [2.05, 4.69) is 331 Å². The molecule has 0 spiro atoms. The van der Waals surface area contributed by atoms with E-state index < -0.39 is 0 Å². The fourth-order valence-corrected chi connectivity index (χ4v) is 12.2. The van der Waals surface area contributed by atoms with E-state index in [0.717, 1.165) is 106 Å². The van der Waals surface area contributed by atoms with Gasteiger partial charge in [0.25, 0.3) is 0 Å². The Morgan fingerprint density at radius 1 is 0.337 bits per heavy atom. The minimum Gasteiger partial charge on any atom is -0.454 e. The van der Waals surface area contributed by atoms with Crippen molar-refractivity contribution in [3.63, 3.8) is 0 Å². The zero-order chi connectivity index (χ0) is 55.1. The van der Waals surface area contributed by atoms with Crippen LogP contribution in [0, 0.1) is 0 Å². The Balaban J connectivity index is 0.962. The predicted octanol–water partition coefficient (Wildman–Crippen LogP) is 20.0. The number of furan rings is 1. The highest BCUT2D eigenvalue weighted by Crippen LogP contribution is 2.48. The van der Waals surface area contributed by atoms with E-state index in [1.54, 1.807) is 0 Å². The predicted molar refractivity (Wildman–Crippen MR) is 352 cm³/mol. The summed E-state index contributed by atoms with van der Waals surface area (Å²) >= 11 is 0. The molecule has 1 N–H and O–H groups in total. The second-order valence-electron chi connectivity index (χ2n) is 21.3. The monoisotopic (exact) mass is 1060 g/mol. The summed E-state index contributed by atoms with van der Waals surface area (Å²) in [5.74, 6) is 0. The van der Waals surface area contributed by atoms with Gasteiger partial charge in [-0.3, -0.25) is 0 Å². The summed E-state index contributed by atoms with van der Waals surface area (Å²) < 4.78 is 7.24. The van der Waals surface area contributed by atoms with Gasteiger partial charge in [-0.25, -0.2) is 0 Å². The van der Waals surface area contributed by atoms with Gasteiger partial charge in [-0.1, -0.05) is 236 Å². The first-order chi connectivity index (χ1) is 41.1. The number of fused-ring (bicyclic) bond motifs is 6. The highest BCUT2D eigenvalue weighted by molar-refractivity contribution is 6.74. The summed E-state index contributed by atoms with van der Waals surface area (Å²) in [5.41, 5.74) is 26.2. The van der Waals surface area contributed by atoms with Crippen LogP contribution in [0.15, 0.2) is 320 Å². The van der Waals surface area contributed by atoms with Crippen molar-refractivity contribution in [2.75, 3.05) is 15.1 Å². The molecule has 15 rings (SSSR count).